The van der Waals surface area contributed by atoms with Crippen LogP contribution in [0.4, 0.5) is 0 Å². The van der Waals surface area contributed by atoms with Crippen LogP contribution >= 0.6 is 0 Å². The van der Waals surface area contributed by atoms with E-state index in [2.05, 4.69) is 24.3 Å². The van der Waals surface area contributed by atoms with Crippen LogP contribution in [0, 0.1) is 6.42 Å². The third-order valence-electron chi connectivity index (χ3n) is 8.79. The van der Waals surface area contributed by atoms with E-state index < -0.39 is 29.2 Å². The van der Waals surface area contributed by atoms with Gasteiger partial charge in [-0.15, -0.1) is 6.42 Å². The van der Waals surface area contributed by atoms with Crippen LogP contribution in [-0.2, 0) is 42.4 Å². The van der Waals surface area contributed by atoms with Gasteiger partial charge in [0.15, 0.2) is 5.79 Å². The van der Waals surface area contributed by atoms with Crippen LogP contribution in [-0.4, -0.2) is 28.2 Å². The summed E-state index contributed by atoms with van der Waals surface area (Å²) in [5, 5.41) is 25.2. The molecule has 47 heavy (non-hydrogen) atoms. The molecule has 242 valence electrons. The van der Waals surface area contributed by atoms with Gasteiger partial charge in [-0.2, -0.15) is 30.7 Å². The first-order chi connectivity index (χ1) is 22.4. The Bertz CT molecular complexity index is 1310. The molecule has 4 aromatic carbocycles. The first kappa shape index (κ1) is 36.6. The monoisotopic (exact) mass is 663 g/mol. The van der Waals surface area contributed by atoms with Crippen molar-refractivity contribution in [3.63, 3.8) is 0 Å². The Morgan fingerprint density at radius 2 is 0.809 bits per heavy atom. The Balaban J connectivity index is 0.000000352. The molecule has 1 heterocycles. The molecule has 7 rings (SSSR count). The van der Waals surface area contributed by atoms with Crippen LogP contribution in [0.2, 0.25) is 0 Å². The number of benzene rings is 4. The molecule has 0 radical (unpaired) electrons. The summed E-state index contributed by atoms with van der Waals surface area (Å²) in [6.45, 7) is 3.62. The Morgan fingerprint density at radius 3 is 1.02 bits per heavy atom. The van der Waals surface area contributed by atoms with Gasteiger partial charge in [-0.3, -0.25) is 0 Å². The maximum atomic E-state index is 12.6. The topological polar surface area (TPSA) is 58.9 Å². The molecule has 1 saturated heterocycles. The molecule has 5 heteroatoms. The van der Waals surface area contributed by atoms with Crippen molar-refractivity contribution in [1.82, 2.24) is 0 Å². The molecule has 2 aliphatic carbocycles. The summed E-state index contributed by atoms with van der Waals surface area (Å²) in [7, 11) is 0. The quantitative estimate of drug-likeness (QED) is 0.160. The van der Waals surface area contributed by atoms with Crippen LogP contribution in [0.15, 0.2) is 146 Å². The van der Waals surface area contributed by atoms with Crippen LogP contribution < -0.4 is 0 Å². The van der Waals surface area contributed by atoms with E-state index in [9.17, 15) is 10.2 Å². The summed E-state index contributed by atoms with van der Waals surface area (Å²) in [6.07, 6.45) is 17.1. The van der Waals surface area contributed by atoms with Crippen molar-refractivity contribution in [3.8, 4) is 0 Å². The van der Waals surface area contributed by atoms with E-state index in [1.165, 1.54) is 32.1 Å². The number of rotatable bonds is 6. The molecular formula is C42H47O4Ti+. The molecule has 4 nitrogen and oxygen atoms in total. The summed E-state index contributed by atoms with van der Waals surface area (Å²) >= 11 is 0. The molecule has 0 aromatic heterocycles. The van der Waals surface area contributed by atoms with E-state index in [-0.39, 0.29) is 21.7 Å². The first-order valence-electron chi connectivity index (χ1n) is 16.5. The van der Waals surface area contributed by atoms with Crippen LogP contribution in [0.3, 0.4) is 0 Å². The Hall–Kier alpha value is -3.22. The predicted molar refractivity (Wildman–Crippen MR) is 186 cm³/mol. The smallest absolute Gasteiger partial charge is 0.378 e. The fraction of sp³-hybridized carbons (Fsp3) is 0.310. The molecule has 0 bridgehead atoms. The van der Waals surface area contributed by atoms with Crippen LogP contribution in [0.25, 0.3) is 0 Å². The molecule has 4 aromatic rings. The van der Waals surface area contributed by atoms with Gasteiger partial charge in [0.25, 0.3) is 0 Å². The normalized spacial score (nSPS) is 19.7. The van der Waals surface area contributed by atoms with Crippen molar-refractivity contribution in [2.45, 2.75) is 81.6 Å². The van der Waals surface area contributed by atoms with E-state index >= 15 is 0 Å². The first-order valence-corrected chi connectivity index (χ1v) is 16.5. The van der Waals surface area contributed by atoms with Crippen molar-refractivity contribution in [1.29, 1.82) is 0 Å². The van der Waals surface area contributed by atoms with E-state index in [4.69, 9.17) is 9.47 Å². The Morgan fingerprint density at radius 1 is 0.532 bits per heavy atom. The SMILES string of the molecule is C1=CCC=C[CH-]1.C1CCCC1.CC1(C)O[C@@H](C(O)(c2ccccc2)c2ccccc2)[C@H](C(O)(c2ccccc2)c2ccccc2)O1.[Ti+2]. The predicted octanol–water partition coefficient (Wildman–Crippen LogP) is 9.03. The zero-order valence-electron chi connectivity index (χ0n) is 27.5. The zero-order valence-corrected chi connectivity index (χ0v) is 29.1. The maximum absolute atomic E-state index is 12.6. The molecule has 2 atom stereocenters. The van der Waals surface area contributed by atoms with Gasteiger partial charge in [-0.05, 0) is 36.1 Å². The second kappa shape index (κ2) is 17.3. The molecule has 1 aliphatic heterocycles. The summed E-state index contributed by atoms with van der Waals surface area (Å²) in [6, 6.07) is 37.8. The van der Waals surface area contributed by atoms with Gasteiger partial charge in [-0.1, -0.05) is 153 Å². The second-order valence-corrected chi connectivity index (χ2v) is 12.5. The van der Waals surface area contributed by atoms with Gasteiger partial charge in [-0.25, -0.2) is 0 Å². The Kier molecular flexibility index (Phi) is 13.4. The molecule has 0 spiro atoms. The van der Waals surface area contributed by atoms with Crippen molar-refractivity contribution in [2.75, 3.05) is 0 Å². The van der Waals surface area contributed by atoms with Gasteiger partial charge >= 0.3 is 21.7 Å². The summed E-state index contributed by atoms with van der Waals surface area (Å²) < 4.78 is 13.0. The summed E-state index contributed by atoms with van der Waals surface area (Å²) in [5.41, 5.74) is -0.564. The summed E-state index contributed by atoms with van der Waals surface area (Å²) in [4.78, 5) is 0. The third-order valence-corrected chi connectivity index (χ3v) is 8.79. The van der Waals surface area contributed by atoms with Crippen molar-refractivity contribution < 1.29 is 41.4 Å². The average molecular weight is 664 g/mol. The molecule has 1 saturated carbocycles. The number of hydrogen-bond donors (Lipinski definition) is 2. The maximum Gasteiger partial charge on any atom is 2.00 e. The van der Waals surface area contributed by atoms with Gasteiger partial charge in [0.1, 0.15) is 23.4 Å². The van der Waals surface area contributed by atoms with Crippen molar-refractivity contribution in [2.24, 2.45) is 0 Å². The number of ether oxygens (including phenoxy) is 2. The van der Waals surface area contributed by atoms with Gasteiger partial charge in [0.2, 0.25) is 0 Å². The third kappa shape index (κ3) is 8.83. The molecule has 0 amide bonds. The summed E-state index contributed by atoms with van der Waals surface area (Å²) in [5.74, 6) is -1.05. The average Bonchev–Trinajstić information content (AvgIpc) is 3.82. The fourth-order valence-electron chi connectivity index (χ4n) is 6.47. The molecular weight excluding hydrogens is 616 g/mol. The molecule has 3 aliphatic rings. The zero-order chi connectivity index (χ0) is 32.3. The standard InChI is InChI=1S/C31H30O4.C6H7.C5H10.Ti/c1-29(2)34-27(30(32,23-15-7-3-8-16-23)24-17-9-4-10-18-24)28(35-29)31(33,25-19-11-5-12-20-25)26-21-13-6-14-22-26;1-2-4-6-5-3-1;1-2-4-5-3-1;/h3-22,27-28,32-33H,1-2H3;1-5H,6H2;1-5H2;/q;-1;;+2/t27-,28-;;;/m1.../s1. The minimum atomic E-state index is -1.60. The van der Waals surface area contributed by atoms with Crippen LogP contribution in [0.5, 0.6) is 0 Å². The van der Waals surface area contributed by atoms with E-state index in [1.807, 2.05) is 142 Å². The van der Waals surface area contributed by atoms with Gasteiger partial charge in [0.05, 0.1) is 0 Å². The van der Waals surface area contributed by atoms with Gasteiger partial charge < -0.3 is 19.7 Å². The minimum Gasteiger partial charge on any atom is -0.378 e. The van der Waals surface area contributed by atoms with E-state index in [0.717, 1.165) is 6.42 Å². The molecule has 2 N–H and O–H groups in total. The molecule has 0 unspecified atom stereocenters. The largest absolute Gasteiger partial charge is 2.00 e. The van der Waals surface area contributed by atoms with Crippen molar-refractivity contribution in [3.05, 3.63) is 174 Å². The number of hydrogen-bond acceptors (Lipinski definition) is 4. The molecule has 2 fully saturated rings. The number of aliphatic hydroxyl groups is 2. The van der Waals surface area contributed by atoms with Crippen LogP contribution in [0.1, 0.15) is 74.6 Å². The van der Waals surface area contributed by atoms with E-state index in [1.54, 1.807) is 0 Å². The van der Waals surface area contributed by atoms with Crippen molar-refractivity contribution >= 4 is 0 Å². The second-order valence-electron chi connectivity index (χ2n) is 12.5. The fourth-order valence-corrected chi connectivity index (χ4v) is 6.47. The minimum absolute atomic E-state index is 0. The van der Waals surface area contributed by atoms with Gasteiger partial charge in [0, 0.05) is 0 Å². The number of allylic oxidation sites excluding steroid dienone is 4. The Labute approximate surface area is 296 Å². The van der Waals surface area contributed by atoms with E-state index in [0.29, 0.717) is 22.3 Å².